The smallest absolute Gasteiger partial charge is 0.242 e. The molecule has 1 rings (SSSR count). The van der Waals surface area contributed by atoms with Crippen molar-refractivity contribution in [2.45, 2.75) is 77.2 Å². The average molecular weight is 435 g/mol. The largest absolute Gasteiger partial charge is 0.508 e. The fraction of sp³-hybridized carbons (Fsp3) is 0.667. The highest BCUT2D eigenvalue weighted by atomic mass is 16.3. The number of phenols is 1. The highest BCUT2D eigenvalue weighted by molar-refractivity contribution is 5.87. The molecule has 176 valence electrons. The second-order valence-electron chi connectivity index (χ2n) is 8.05. The van der Waals surface area contributed by atoms with Gasteiger partial charge in [0, 0.05) is 32.5 Å². The third kappa shape index (κ3) is 13.7. The Balaban J connectivity index is 2.25. The summed E-state index contributed by atoms with van der Waals surface area (Å²) in [6.45, 7) is 5.19. The van der Waals surface area contributed by atoms with Crippen molar-refractivity contribution in [2.24, 2.45) is 5.73 Å². The van der Waals surface area contributed by atoms with Crippen LogP contribution in [0.15, 0.2) is 24.3 Å². The van der Waals surface area contributed by atoms with Crippen molar-refractivity contribution in [3.63, 3.8) is 0 Å². The average Bonchev–Trinajstić information content (AvgIpc) is 2.75. The molecule has 7 heteroatoms. The van der Waals surface area contributed by atoms with Gasteiger partial charge < -0.3 is 26.8 Å². The summed E-state index contributed by atoms with van der Waals surface area (Å²) in [5, 5.41) is 18.6. The molecule has 0 aliphatic heterocycles. The Morgan fingerprint density at radius 2 is 1.55 bits per heavy atom. The number of carbonyl (C=O) groups is 2. The van der Waals surface area contributed by atoms with Crippen LogP contribution in [0, 0.1) is 0 Å². The molecule has 2 amide bonds. The number of benzene rings is 1. The molecule has 1 aromatic carbocycles. The molecule has 0 aliphatic rings. The number of phenolic OH excluding ortho intramolecular Hbond substituents is 1. The Labute approximate surface area is 187 Å². The Hall–Kier alpha value is -2.12. The van der Waals surface area contributed by atoms with E-state index in [0.717, 1.165) is 37.9 Å². The molecular formula is C24H42N4O3. The van der Waals surface area contributed by atoms with Gasteiger partial charge in [0.05, 0.1) is 0 Å². The number of rotatable bonds is 18. The molecular weight excluding hydrogens is 392 g/mol. The van der Waals surface area contributed by atoms with Crippen LogP contribution in [-0.2, 0) is 16.0 Å². The maximum atomic E-state index is 12.6. The first-order valence-corrected chi connectivity index (χ1v) is 11.8. The number of unbranched alkanes of at least 4 members (excludes halogenated alkanes) is 6. The summed E-state index contributed by atoms with van der Waals surface area (Å²) < 4.78 is 0. The van der Waals surface area contributed by atoms with Crippen LogP contribution in [0.25, 0.3) is 0 Å². The fourth-order valence-electron chi connectivity index (χ4n) is 3.39. The van der Waals surface area contributed by atoms with Gasteiger partial charge in [-0.1, -0.05) is 51.2 Å². The predicted octanol–water partition coefficient (Wildman–Crippen LogP) is 2.61. The lowest BCUT2D eigenvalue weighted by Gasteiger charge is -2.19. The number of amides is 2. The molecule has 0 aliphatic carbocycles. The summed E-state index contributed by atoms with van der Waals surface area (Å²) in [4.78, 5) is 24.7. The van der Waals surface area contributed by atoms with Gasteiger partial charge in [-0.05, 0) is 43.5 Å². The Kier molecular flexibility index (Phi) is 15.2. The molecule has 0 saturated carbocycles. The minimum absolute atomic E-state index is 0.111. The number of hydrogen-bond donors (Lipinski definition) is 5. The first kappa shape index (κ1) is 26.9. The summed E-state index contributed by atoms with van der Waals surface area (Å²) >= 11 is 0. The Morgan fingerprint density at radius 3 is 2.16 bits per heavy atom. The third-order valence-corrected chi connectivity index (χ3v) is 5.16. The van der Waals surface area contributed by atoms with Crippen LogP contribution < -0.4 is 21.7 Å². The minimum atomic E-state index is -0.600. The molecule has 31 heavy (non-hydrogen) atoms. The summed E-state index contributed by atoms with van der Waals surface area (Å²) in [5.74, 6) is -0.0785. The maximum absolute atomic E-state index is 12.6. The lowest BCUT2D eigenvalue weighted by molar-refractivity contribution is -0.129. The van der Waals surface area contributed by atoms with Crippen LogP contribution in [0.4, 0.5) is 0 Å². The SMILES string of the molecule is CCCC(=O)NC(Cc1ccc(O)cc1)C(=O)NCCCCCCCCCNCCN. The first-order valence-electron chi connectivity index (χ1n) is 11.8. The van der Waals surface area contributed by atoms with Gasteiger partial charge in [0.25, 0.3) is 0 Å². The van der Waals surface area contributed by atoms with Crippen molar-refractivity contribution in [3.8, 4) is 5.75 Å². The van der Waals surface area contributed by atoms with E-state index < -0.39 is 6.04 Å². The van der Waals surface area contributed by atoms with Gasteiger partial charge in [-0.25, -0.2) is 0 Å². The monoisotopic (exact) mass is 434 g/mol. The number of nitrogens with one attached hydrogen (secondary N) is 3. The Morgan fingerprint density at radius 1 is 0.935 bits per heavy atom. The lowest BCUT2D eigenvalue weighted by Crippen LogP contribution is -2.48. The third-order valence-electron chi connectivity index (χ3n) is 5.16. The molecule has 0 radical (unpaired) electrons. The fourth-order valence-corrected chi connectivity index (χ4v) is 3.39. The van der Waals surface area contributed by atoms with Gasteiger partial charge in [0.2, 0.25) is 11.8 Å². The first-order chi connectivity index (χ1) is 15.1. The van der Waals surface area contributed by atoms with E-state index in [1.165, 1.54) is 32.1 Å². The van der Waals surface area contributed by atoms with Crippen molar-refractivity contribution >= 4 is 11.8 Å². The highest BCUT2D eigenvalue weighted by Crippen LogP contribution is 2.12. The van der Waals surface area contributed by atoms with Crippen molar-refractivity contribution in [3.05, 3.63) is 29.8 Å². The van der Waals surface area contributed by atoms with Crippen molar-refractivity contribution in [1.29, 1.82) is 0 Å². The normalized spacial score (nSPS) is 11.8. The number of carbonyl (C=O) groups excluding carboxylic acids is 2. The lowest BCUT2D eigenvalue weighted by atomic mass is 10.0. The van der Waals surface area contributed by atoms with Crippen LogP contribution >= 0.6 is 0 Å². The highest BCUT2D eigenvalue weighted by Gasteiger charge is 2.20. The summed E-state index contributed by atoms with van der Waals surface area (Å²) in [5.41, 5.74) is 6.34. The van der Waals surface area contributed by atoms with Crippen molar-refractivity contribution < 1.29 is 14.7 Å². The second-order valence-corrected chi connectivity index (χ2v) is 8.05. The summed E-state index contributed by atoms with van der Waals surface area (Å²) in [6.07, 6.45) is 9.67. The predicted molar refractivity (Wildman–Crippen MR) is 126 cm³/mol. The number of nitrogens with two attached hydrogens (primary N) is 1. The quantitative estimate of drug-likeness (QED) is 0.228. The molecule has 0 fully saturated rings. The molecule has 1 unspecified atom stereocenters. The van der Waals surface area contributed by atoms with E-state index in [1.54, 1.807) is 24.3 Å². The van der Waals surface area contributed by atoms with E-state index in [0.29, 0.717) is 25.9 Å². The van der Waals surface area contributed by atoms with E-state index in [2.05, 4.69) is 16.0 Å². The topological polar surface area (TPSA) is 116 Å². The van der Waals surface area contributed by atoms with Crippen LogP contribution in [0.2, 0.25) is 0 Å². The van der Waals surface area contributed by atoms with Gasteiger partial charge in [0.15, 0.2) is 0 Å². The van der Waals surface area contributed by atoms with E-state index in [-0.39, 0.29) is 17.6 Å². The zero-order valence-electron chi connectivity index (χ0n) is 19.1. The van der Waals surface area contributed by atoms with Crippen molar-refractivity contribution in [2.75, 3.05) is 26.2 Å². The summed E-state index contributed by atoms with van der Waals surface area (Å²) in [7, 11) is 0. The van der Waals surface area contributed by atoms with Gasteiger partial charge in [-0.3, -0.25) is 9.59 Å². The molecule has 6 N–H and O–H groups in total. The molecule has 0 bridgehead atoms. The molecule has 7 nitrogen and oxygen atoms in total. The maximum Gasteiger partial charge on any atom is 0.242 e. The summed E-state index contributed by atoms with van der Waals surface area (Å²) in [6, 6.07) is 6.13. The van der Waals surface area contributed by atoms with Gasteiger partial charge in [0.1, 0.15) is 11.8 Å². The van der Waals surface area contributed by atoms with Gasteiger partial charge >= 0.3 is 0 Å². The molecule has 1 atom stereocenters. The standard InChI is InChI=1S/C24H42N4O3/c1-2-10-23(30)28-22(19-20-11-13-21(29)14-12-20)24(31)27-17-9-7-5-3-4-6-8-16-26-18-15-25/h11-14,22,26,29H,2-10,15-19,25H2,1H3,(H,27,31)(H,28,30). The van der Waals surface area contributed by atoms with Gasteiger partial charge in [-0.15, -0.1) is 0 Å². The number of hydrogen-bond acceptors (Lipinski definition) is 5. The van der Waals surface area contributed by atoms with Crippen LogP contribution in [0.3, 0.4) is 0 Å². The molecule has 0 spiro atoms. The van der Waals surface area contributed by atoms with E-state index in [1.807, 2.05) is 6.92 Å². The van der Waals surface area contributed by atoms with E-state index >= 15 is 0 Å². The van der Waals surface area contributed by atoms with E-state index in [4.69, 9.17) is 5.73 Å². The van der Waals surface area contributed by atoms with Crippen LogP contribution in [0.1, 0.15) is 70.3 Å². The molecule has 0 heterocycles. The van der Waals surface area contributed by atoms with Crippen LogP contribution in [0.5, 0.6) is 5.75 Å². The van der Waals surface area contributed by atoms with Gasteiger partial charge in [-0.2, -0.15) is 0 Å². The van der Waals surface area contributed by atoms with Crippen molar-refractivity contribution in [1.82, 2.24) is 16.0 Å². The van der Waals surface area contributed by atoms with E-state index in [9.17, 15) is 14.7 Å². The number of aromatic hydroxyl groups is 1. The zero-order chi connectivity index (χ0) is 22.7. The minimum Gasteiger partial charge on any atom is -0.508 e. The molecule has 1 aromatic rings. The molecule has 0 aromatic heterocycles. The Bertz CT molecular complexity index is 607. The van der Waals surface area contributed by atoms with Crippen LogP contribution in [-0.4, -0.2) is 49.1 Å². The molecule has 0 saturated heterocycles. The second kappa shape index (κ2) is 17.5. The zero-order valence-corrected chi connectivity index (χ0v) is 19.1.